The first kappa shape index (κ1) is 85.1. The van der Waals surface area contributed by atoms with Gasteiger partial charge in [-0.3, -0.25) is 0 Å². The number of hydrogen-bond acceptors (Lipinski definition) is 14. The number of fused-ring (bicyclic) bond motifs is 10. The van der Waals surface area contributed by atoms with Crippen molar-refractivity contribution in [1.82, 2.24) is 9.97 Å². The van der Waals surface area contributed by atoms with E-state index in [9.17, 15) is 119 Å². The third-order valence-electron chi connectivity index (χ3n) is 22.9. The molecule has 642 valence electrons. The van der Waals surface area contributed by atoms with Crippen molar-refractivity contribution in [2.24, 2.45) is 9.98 Å². The summed E-state index contributed by atoms with van der Waals surface area (Å²) in [5, 5.41) is 130. The van der Waals surface area contributed by atoms with Gasteiger partial charge < -0.3 is 71.2 Å². The molecule has 12 aromatic carbocycles. The van der Waals surface area contributed by atoms with Gasteiger partial charge in [0.1, 0.15) is 0 Å². The van der Waals surface area contributed by atoms with Crippen molar-refractivity contribution in [3.63, 3.8) is 0 Å². The molecule has 0 saturated carbocycles. The Morgan fingerprint density at radius 1 is 0.159 bits per heavy atom. The first-order valence-electron chi connectivity index (χ1n) is 39.9. The number of nitrogens with one attached hydrogen (secondary N) is 2. The van der Waals surface area contributed by atoms with Crippen LogP contribution >= 0.6 is 0 Å². The maximum absolute atomic E-state index is 13.4. The van der Waals surface area contributed by atoms with E-state index in [0.29, 0.717) is 0 Å². The van der Waals surface area contributed by atoms with Gasteiger partial charge >= 0.3 is 71.6 Å². The summed E-state index contributed by atoms with van der Waals surface area (Å²) in [6, 6.07) is 65.8. The van der Waals surface area contributed by atoms with E-state index < -0.39 is 71.6 Å². The fraction of sp³-hybridized carbons (Fsp3) is 0. The summed E-state index contributed by atoms with van der Waals surface area (Å²) >= 11 is 0. The molecule has 0 spiro atoms. The van der Waals surface area contributed by atoms with Gasteiger partial charge in [-0.25, -0.2) is 67.5 Å². The van der Waals surface area contributed by atoms with Crippen LogP contribution in [0.4, 0.5) is 0 Å². The molecule has 14 aromatic rings. The predicted molar refractivity (Wildman–Crippen MR) is 483 cm³/mol. The molecule has 0 radical (unpaired) electrons. The summed E-state index contributed by atoms with van der Waals surface area (Å²) in [6.07, 6.45) is 0. The van der Waals surface area contributed by atoms with Crippen molar-refractivity contribution in [1.29, 1.82) is 0 Å². The van der Waals surface area contributed by atoms with Crippen LogP contribution in [0.3, 0.4) is 0 Å². The summed E-state index contributed by atoms with van der Waals surface area (Å²) in [5.41, 5.74) is -2.12. The number of aromatic nitrogens is 2. The molecule has 2 aromatic heterocycles. The van der Waals surface area contributed by atoms with Gasteiger partial charge in [0.25, 0.3) is 0 Å². The molecule has 3 aliphatic rings. The molecule has 0 amide bonds. The quantitative estimate of drug-likeness (QED) is 0.0267. The Morgan fingerprint density at radius 3 is 0.477 bits per heavy atom. The zero-order valence-corrected chi connectivity index (χ0v) is 67.9. The number of nitrogens with zero attached hydrogens (tertiary/aromatic N) is 2. The Morgan fingerprint density at radius 2 is 0.303 bits per heavy atom. The van der Waals surface area contributed by atoms with E-state index in [1.807, 2.05) is 0 Å². The molecule has 1 aliphatic carbocycles. The summed E-state index contributed by atoms with van der Waals surface area (Å²) in [6.45, 7) is 0. The second-order valence-electron chi connectivity index (χ2n) is 30.5. The normalized spacial score (nSPS) is 12.9. The average molecular weight is 1750 g/mol. The van der Waals surface area contributed by atoms with E-state index in [-0.39, 0.29) is 245 Å². The number of aliphatic imine (C=N–C) groups is 2. The van der Waals surface area contributed by atoms with Gasteiger partial charge in [-0.2, -0.15) is 0 Å². The van der Waals surface area contributed by atoms with Crippen LogP contribution in [-0.4, -0.2) is 154 Å². The van der Waals surface area contributed by atoms with Gasteiger partial charge in [0, 0.05) is 66.8 Å². The van der Waals surface area contributed by atoms with Crippen LogP contribution in [0.1, 0.15) is 180 Å². The molecular weight excluding hydrogens is 1690 g/mol. The standard InChI is InChI=1S/C104H62N4O24/c109-93(110)61-25-1-49(2-26-61)73-74(50-3-27-62(28-4-50)94(111)112)86-82(58-19-43-70(44-20-58)102(127)128)88-77(53-9-33-65(34-10-53)97(117)118)78(54-11-35-66(36-12-54)98(119)120)90(107-88)84(60-23-47-72(48-24-60)104(131)132)92-80(56-15-39-68(40-16-56)100(123)124)79(55-13-37-67(38-14-55)99(121)122)91(108-92)83(59-21-45-71(46-22-59)103(129)130)89-76(52-7-31-64(32-8-52)96(115)116)75(51-5-29-63(30-6-51)95(113)114)87(106-89)81(85(73)105-86)57-17-41-69(42-18-57)101(125)126/h1-48,105,108H,(H,109,110)(H,111,112)(H,113,114)(H,115,116)(H,117,118)(H,119,120)(H,121,122)(H,123,124)(H,125,126)(H,127,128)(H,129,130)(H,131,132). The minimum Gasteiger partial charge on any atom is -0.478 e. The number of hydrogen-bond donors (Lipinski definition) is 14. The topological polar surface area (TPSA) is 504 Å². The lowest BCUT2D eigenvalue weighted by atomic mass is 9.83. The van der Waals surface area contributed by atoms with Crippen molar-refractivity contribution in [3.05, 3.63) is 436 Å². The van der Waals surface area contributed by atoms with Gasteiger partial charge in [0.2, 0.25) is 0 Å². The van der Waals surface area contributed by atoms with Gasteiger partial charge in [-0.15, -0.1) is 0 Å². The number of carboxylic acids is 12. The number of allylic oxidation sites excluding steroid dienone is 4. The molecular formula is C104H62N4O24. The van der Waals surface area contributed by atoms with Crippen LogP contribution in [0.5, 0.6) is 0 Å². The maximum Gasteiger partial charge on any atom is 0.335 e. The number of carbonyl (C=O) groups is 12. The van der Waals surface area contributed by atoms with Gasteiger partial charge in [0.05, 0.1) is 112 Å². The molecule has 132 heavy (non-hydrogen) atoms. The number of aromatic carboxylic acids is 12. The molecule has 28 nitrogen and oxygen atoms in total. The highest BCUT2D eigenvalue weighted by molar-refractivity contribution is 6.53. The number of aromatic amines is 2. The smallest absolute Gasteiger partial charge is 0.335 e. The van der Waals surface area contributed by atoms with Crippen LogP contribution in [0, 0.1) is 0 Å². The minimum absolute atomic E-state index is 0.0393. The number of rotatable bonds is 24. The third-order valence-corrected chi connectivity index (χ3v) is 22.9. The molecule has 0 fully saturated rings. The lowest BCUT2D eigenvalue weighted by Gasteiger charge is -2.18. The highest BCUT2D eigenvalue weighted by atomic mass is 16.4. The SMILES string of the molecule is O=C(O)c1ccc(C2=C(c3ccc(C(=O)O)cc3)C3=C(c4ccc(C(=O)O)cc4)c4[nH]c(c(-c5ccc(C(=O)O)cc5)c4-c4ccc(C(=O)O)cc4)C(c4ccc(C(=O)O)cc4)=C4N=C(C(c5ccc(C(=O)O)cc5)=C4c4ccc(C(=O)O)cc4)C(c4ccc(C(=O)O)cc4)=c4[nH]c(c(-c5ccc(C(=O)O)cc5)c4-c4ccc(C(=O)O)cc4)=C(c4ccc(C(=O)O)cc4)C2=N3)cc1. The molecule has 28 heteroatoms. The third kappa shape index (κ3) is 15.6. The van der Waals surface area contributed by atoms with E-state index in [1.54, 1.807) is 0 Å². The van der Waals surface area contributed by atoms with Crippen LogP contribution in [-0.2, 0) is 0 Å². The second-order valence-corrected chi connectivity index (χ2v) is 30.5. The minimum atomic E-state index is -1.40. The van der Waals surface area contributed by atoms with E-state index >= 15 is 0 Å². The van der Waals surface area contributed by atoms with Gasteiger partial charge in [-0.1, -0.05) is 146 Å². The van der Waals surface area contributed by atoms with E-state index in [2.05, 4.69) is 9.97 Å². The fourth-order valence-electron chi connectivity index (χ4n) is 16.6. The van der Waals surface area contributed by atoms with Crippen LogP contribution in [0.25, 0.3) is 89.1 Å². The van der Waals surface area contributed by atoms with E-state index in [1.165, 1.54) is 291 Å². The first-order chi connectivity index (χ1) is 63.4. The number of H-pyrrole nitrogens is 2. The maximum atomic E-state index is 13.4. The predicted octanol–water partition coefficient (Wildman–Crippen LogP) is 17.2. The zero-order valence-electron chi connectivity index (χ0n) is 67.9. The van der Waals surface area contributed by atoms with Crippen molar-refractivity contribution in [2.45, 2.75) is 0 Å². The van der Waals surface area contributed by atoms with E-state index in [4.69, 9.17) is 9.98 Å². The molecule has 0 unspecified atom stereocenters. The zero-order chi connectivity index (χ0) is 93.1. The molecule has 0 saturated heterocycles. The number of carboxylic acid groups (broad SMARTS) is 12. The van der Waals surface area contributed by atoms with Crippen molar-refractivity contribution in [2.75, 3.05) is 0 Å². The highest BCUT2D eigenvalue weighted by Crippen LogP contribution is 2.55. The van der Waals surface area contributed by atoms with Crippen LogP contribution < -0.4 is 10.7 Å². The highest BCUT2D eigenvalue weighted by Gasteiger charge is 2.41. The molecule has 0 atom stereocenters. The monoisotopic (exact) mass is 1750 g/mol. The summed E-state index contributed by atoms with van der Waals surface area (Å²) < 4.78 is 0. The van der Waals surface area contributed by atoms with Gasteiger partial charge in [0.15, 0.2) is 0 Å². The second kappa shape index (κ2) is 34.1. The van der Waals surface area contributed by atoms with Crippen molar-refractivity contribution >= 4 is 128 Å². The summed E-state index contributed by atoms with van der Waals surface area (Å²) in [7, 11) is 0. The van der Waals surface area contributed by atoms with Gasteiger partial charge in [-0.05, 0) is 212 Å². The molecule has 17 rings (SSSR count). The summed E-state index contributed by atoms with van der Waals surface area (Å²) in [5.74, 6) is -16.7. The van der Waals surface area contributed by atoms with E-state index in [0.717, 1.165) is 0 Å². The Kier molecular flexibility index (Phi) is 22.0. The molecule has 4 heterocycles. The molecule has 2 aliphatic heterocycles. The molecule has 14 N–H and O–H groups in total. The average Bonchev–Trinajstić information content (AvgIpc) is 1.54. The molecule has 8 bridgehead atoms. The lowest BCUT2D eigenvalue weighted by molar-refractivity contribution is 0.0686. The number of benzene rings is 12. The Balaban J connectivity index is 1.28. The fourth-order valence-corrected chi connectivity index (χ4v) is 16.6. The van der Waals surface area contributed by atoms with Crippen LogP contribution in [0.15, 0.2) is 313 Å². The Labute approximate surface area is 742 Å². The first-order valence-corrected chi connectivity index (χ1v) is 39.9. The Bertz CT molecular complexity index is 7270. The lowest BCUT2D eigenvalue weighted by Crippen LogP contribution is -2.24. The largest absolute Gasteiger partial charge is 0.478 e. The summed E-state index contributed by atoms with van der Waals surface area (Å²) in [4.78, 5) is 179. The van der Waals surface area contributed by atoms with Crippen LogP contribution in [0.2, 0.25) is 0 Å². The Hall–Kier alpha value is -19.1. The van der Waals surface area contributed by atoms with Crippen molar-refractivity contribution < 1.29 is 119 Å². The van der Waals surface area contributed by atoms with Crippen molar-refractivity contribution in [3.8, 4) is 44.5 Å².